The van der Waals surface area contributed by atoms with E-state index in [-0.39, 0.29) is 11.5 Å². The van der Waals surface area contributed by atoms with E-state index in [0.717, 1.165) is 17.9 Å². The Balaban J connectivity index is 1.84. The molecule has 0 spiro atoms. The lowest BCUT2D eigenvalue weighted by Gasteiger charge is -2.45. The Hall–Kier alpha value is -1.96. The van der Waals surface area contributed by atoms with Gasteiger partial charge < -0.3 is 10.1 Å². The van der Waals surface area contributed by atoms with Gasteiger partial charge in [-0.3, -0.25) is 0 Å². The number of rotatable bonds is 0. The van der Waals surface area contributed by atoms with E-state index in [0.29, 0.717) is 6.04 Å². The second-order valence-corrected chi connectivity index (χ2v) is 6.91. The summed E-state index contributed by atoms with van der Waals surface area (Å²) in [5.74, 6) is 0.978. The van der Waals surface area contributed by atoms with Crippen molar-refractivity contribution in [2.45, 2.75) is 44.8 Å². The summed E-state index contributed by atoms with van der Waals surface area (Å²) in [6.45, 7) is 6.80. The summed E-state index contributed by atoms with van der Waals surface area (Å²) < 4.78 is 6.37. The minimum Gasteiger partial charge on any atom is -0.481 e. The van der Waals surface area contributed by atoms with Crippen LogP contribution >= 0.6 is 0 Å². The Kier molecular flexibility index (Phi) is 2.59. The fourth-order valence-corrected chi connectivity index (χ4v) is 3.86. The van der Waals surface area contributed by atoms with Crippen LogP contribution in [0.15, 0.2) is 42.5 Å². The van der Waals surface area contributed by atoms with E-state index in [9.17, 15) is 0 Å². The molecule has 2 nitrogen and oxygen atoms in total. The highest BCUT2D eigenvalue weighted by molar-refractivity contribution is 5.65. The maximum Gasteiger partial charge on any atom is 0.144 e. The first-order chi connectivity index (χ1) is 10.1. The summed E-state index contributed by atoms with van der Waals surface area (Å²) in [6, 6.07) is 15.3. The summed E-state index contributed by atoms with van der Waals surface area (Å²) in [5, 5.41) is 3.74. The Bertz CT molecular complexity index is 704. The molecule has 0 aromatic heterocycles. The number of hydrogen-bond donors (Lipinski definition) is 1. The normalized spacial score (nSPS) is 24.9. The molecule has 2 aromatic rings. The molecule has 0 amide bonds. The van der Waals surface area contributed by atoms with Crippen LogP contribution in [0.1, 0.15) is 43.1 Å². The predicted octanol–water partition coefficient (Wildman–Crippen LogP) is 4.59. The second-order valence-electron chi connectivity index (χ2n) is 6.91. The van der Waals surface area contributed by atoms with Crippen LogP contribution in [0, 0.1) is 6.92 Å². The molecule has 1 heterocycles. The average Bonchev–Trinajstić information content (AvgIpc) is 2.47. The molecule has 0 saturated carbocycles. The number of fused-ring (bicyclic) bond motifs is 4. The monoisotopic (exact) mass is 279 g/mol. The van der Waals surface area contributed by atoms with Crippen molar-refractivity contribution in [2.24, 2.45) is 0 Å². The summed E-state index contributed by atoms with van der Waals surface area (Å²) in [4.78, 5) is 0. The third-order valence-corrected chi connectivity index (χ3v) is 4.91. The van der Waals surface area contributed by atoms with Crippen molar-refractivity contribution in [1.29, 1.82) is 0 Å². The lowest BCUT2D eigenvalue weighted by atomic mass is 9.69. The molecule has 0 saturated heterocycles. The molecule has 0 bridgehead atoms. The summed E-state index contributed by atoms with van der Waals surface area (Å²) in [7, 11) is 0. The van der Waals surface area contributed by atoms with Crippen LogP contribution in [0.25, 0.3) is 0 Å². The van der Waals surface area contributed by atoms with Crippen LogP contribution in [0.2, 0.25) is 0 Å². The SMILES string of the molecule is Cc1cccc2c1NC1CC(C)(C)c3ccccc3C1O2. The molecule has 0 fully saturated rings. The first-order valence-corrected chi connectivity index (χ1v) is 7.68. The number of benzene rings is 2. The Labute approximate surface area is 126 Å². The third-order valence-electron chi connectivity index (χ3n) is 4.91. The van der Waals surface area contributed by atoms with Crippen LogP contribution in [-0.4, -0.2) is 6.04 Å². The number of nitrogens with one attached hydrogen (secondary N) is 1. The number of para-hydroxylation sites is 1. The molecule has 2 heteroatoms. The van der Waals surface area contributed by atoms with Gasteiger partial charge in [0, 0.05) is 0 Å². The van der Waals surface area contributed by atoms with Crippen molar-refractivity contribution in [3.05, 3.63) is 59.2 Å². The van der Waals surface area contributed by atoms with Crippen molar-refractivity contribution in [3.63, 3.8) is 0 Å². The van der Waals surface area contributed by atoms with Gasteiger partial charge in [0.25, 0.3) is 0 Å². The molecule has 4 rings (SSSR count). The summed E-state index contributed by atoms with van der Waals surface area (Å²) in [6.07, 6.45) is 1.20. The van der Waals surface area contributed by atoms with Gasteiger partial charge >= 0.3 is 0 Å². The van der Waals surface area contributed by atoms with Crippen LogP contribution in [0.4, 0.5) is 5.69 Å². The first kappa shape index (κ1) is 12.8. The van der Waals surface area contributed by atoms with Gasteiger partial charge in [-0.1, -0.05) is 50.2 Å². The van der Waals surface area contributed by atoms with Crippen LogP contribution < -0.4 is 10.1 Å². The van der Waals surface area contributed by atoms with E-state index in [2.05, 4.69) is 68.6 Å². The molecule has 1 N–H and O–H groups in total. The number of hydrogen-bond acceptors (Lipinski definition) is 2. The fraction of sp³-hybridized carbons (Fsp3) is 0.368. The van der Waals surface area contributed by atoms with Gasteiger partial charge in [0.05, 0.1) is 11.7 Å². The van der Waals surface area contributed by atoms with Crippen molar-refractivity contribution in [1.82, 2.24) is 0 Å². The number of anilines is 1. The van der Waals surface area contributed by atoms with E-state index >= 15 is 0 Å². The zero-order chi connectivity index (χ0) is 14.6. The maximum atomic E-state index is 6.37. The maximum absolute atomic E-state index is 6.37. The van der Waals surface area contributed by atoms with Gasteiger partial charge in [0.15, 0.2) is 0 Å². The third kappa shape index (κ3) is 1.85. The molecule has 1 aliphatic carbocycles. The van der Waals surface area contributed by atoms with E-state index in [1.54, 1.807) is 0 Å². The zero-order valence-corrected chi connectivity index (χ0v) is 12.8. The lowest BCUT2D eigenvalue weighted by molar-refractivity contribution is 0.138. The van der Waals surface area contributed by atoms with Crippen molar-refractivity contribution in [2.75, 3.05) is 5.32 Å². The minimum absolute atomic E-state index is 0.114. The largest absolute Gasteiger partial charge is 0.481 e. The van der Waals surface area contributed by atoms with E-state index < -0.39 is 0 Å². The average molecular weight is 279 g/mol. The molecule has 2 unspecified atom stereocenters. The van der Waals surface area contributed by atoms with Gasteiger partial charge in [-0.15, -0.1) is 0 Å². The van der Waals surface area contributed by atoms with Gasteiger partial charge in [0.1, 0.15) is 11.9 Å². The topological polar surface area (TPSA) is 21.3 Å². The quantitative estimate of drug-likeness (QED) is 0.761. The zero-order valence-electron chi connectivity index (χ0n) is 12.8. The number of aryl methyl sites for hydroxylation is 1. The van der Waals surface area contributed by atoms with Gasteiger partial charge in [0.2, 0.25) is 0 Å². The molecule has 108 valence electrons. The van der Waals surface area contributed by atoms with Gasteiger partial charge in [-0.25, -0.2) is 0 Å². The molecular weight excluding hydrogens is 258 g/mol. The Morgan fingerprint density at radius 1 is 1.10 bits per heavy atom. The highest BCUT2D eigenvalue weighted by Crippen LogP contribution is 2.48. The van der Waals surface area contributed by atoms with Crippen molar-refractivity contribution >= 4 is 5.69 Å². The van der Waals surface area contributed by atoms with Crippen LogP contribution in [0.5, 0.6) is 5.75 Å². The molecule has 2 aliphatic rings. The molecule has 1 aliphatic heterocycles. The predicted molar refractivity (Wildman–Crippen MR) is 86.0 cm³/mol. The fourth-order valence-electron chi connectivity index (χ4n) is 3.86. The standard InChI is InChI=1S/C19H21NO/c1-12-7-6-10-16-17(12)20-15-11-19(2,3)14-9-5-4-8-13(14)18(15)21-16/h4-10,15,18,20H,11H2,1-3H3. The molecule has 21 heavy (non-hydrogen) atoms. The van der Waals surface area contributed by atoms with E-state index in [1.807, 2.05) is 0 Å². The first-order valence-electron chi connectivity index (χ1n) is 7.68. The van der Waals surface area contributed by atoms with Crippen LogP contribution in [0.3, 0.4) is 0 Å². The highest BCUT2D eigenvalue weighted by Gasteiger charge is 2.42. The molecule has 2 atom stereocenters. The molecular formula is C19H21NO. The minimum atomic E-state index is 0.114. The lowest BCUT2D eigenvalue weighted by Crippen LogP contribution is -2.44. The van der Waals surface area contributed by atoms with E-state index in [1.165, 1.54) is 16.7 Å². The summed E-state index contributed by atoms with van der Waals surface area (Å²) >= 11 is 0. The van der Waals surface area contributed by atoms with Crippen LogP contribution in [-0.2, 0) is 5.41 Å². The van der Waals surface area contributed by atoms with Gasteiger partial charge in [-0.2, -0.15) is 0 Å². The second kappa shape index (κ2) is 4.27. The Morgan fingerprint density at radius 2 is 1.90 bits per heavy atom. The smallest absolute Gasteiger partial charge is 0.144 e. The molecule has 0 radical (unpaired) electrons. The summed E-state index contributed by atoms with van der Waals surface area (Å²) in [5.41, 5.74) is 5.34. The molecule has 2 aromatic carbocycles. The van der Waals surface area contributed by atoms with Crippen molar-refractivity contribution in [3.8, 4) is 5.75 Å². The Morgan fingerprint density at radius 3 is 2.76 bits per heavy atom. The van der Waals surface area contributed by atoms with Crippen molar-refractivity contribution < 1.29 is 4.74 Å². The van der Waals surface area contributed by atoms with E-state index in [4.69, 9.17) is 4.74 Å². The van der Waals surface area contributed by atoms with Gasteiger partial charge in [-0.05, 0) is 41.5 Å². The number of ether oxygens (including phenoxy) is 1. The highest BCUT2D eigenvalue weighted by atomic mass is 16.5.